The van der Waals surface area contributed by atoms with Gasteiger partial charge < -0.3 is 10.6 Å². The molecule has 1 aliphatic rings. The van der Waals surface area contributed by atoms with E-state index >= 15 is 0 Å². The zero-order valence-electron chi connectivity index (χ0n) is 10.1. The van der Waals surface area contributed by atoms with Gasteiger partial charge in [0.25, 0.3) is 0 Å². The predicted molar refractivity (Wildman–Crippen MR) is 71.6 cm³/mol. The average Bonchev–Trinajstić information content (AvgIpc) is 3.01. The summed E-state index contributed by atoms with van der Waals surface area (Å²) in [5.41, 5.74) is 6.15. The molecule has 100 valence electrons. The molecule has 1 atom stereocenters. The molecule has 0 spiro atoms. The van der Waals surface area contributed by atoms with Crippen LogP contribution in [0.2, 0.25) is 5.02 Å². The Morgan fingerprint density at radius 1 is 1.47 bits per heavy atom. The Hall–Kier alpha value is -1.66. The fraction of sp³-hybridized carbons (Fsp3) is 0.333. The molecule has 19 heavy (non-hydrogen) atoms. The second kappa shape index (κ2) is 4.79. The molecule has 0 saturated carbocycles. The minimum absolute atomic E-state index is 0.0682. The quantitative estimate of drug-likeness (QED) is 0.881. The number of H-pyrrole nitrogens is 1. The first-order chi connectivity index (χ1) is 9.15. The van der Waals surface area contributed by atoms with E-state index in [9.17, 15) is 4.39 Å². The molecular weight excluding hydrogens is 269 g/mol. The van der Waals surface area contributed by atoms with Crippen LogP contribution in [0.3, 0.4) is 0 Å². The van der Waals surface area contributed by atoms with E-state index in [1.54, 1.807) is 12.1 Å². The van der Waals surface area contributed by atoms with E-state index in [0.29, 0.717) is 17.3 Å². The molecule has 1 aromatic carbocycles. The van der Waals surface area contributed by atoms with E-state index in [1.165, 1.54) is 6.07 Å². The molecule has 1 saturated heterocycles. The number of nitrogens with zero attached hydrogens (tertiary/aromatic N) is 3. The Bertz CT molecular complexity index is 600. The van der Waals surface area contributed by atoms with Crippen LogP contribution >= 0.6 is 11.6 Å². The van der Waals surface area contributed by atoms with Gasteiger partial charge in [0, 0.05) is 19.1 Å². The molecule has 7 heteroatoms. The fourth-order valence-electron chi connectivity index (χ4n) is 2.17. The summed E-state index contributed by atoms with van der Waals surface area (Å²) in [6, 6.07) is 4.93. The highest BCUT2D eigenvalue weighted by atomic mass is 35.5. The number of rotatable bonds is 2. The largest absolute Gasteiger partial charge is 0.338 e. The van der Waals surface area contributed by atoms with Crippen LogP contribution in [-0.4, -0.2) is 34.3 Å². The molecule has 0 aliphatic carbocycles. The van der Waals surface area contributed by atoms with Crippen molar-refractivity contribution in [2.24, 2.45) is 5.73 Å². The normalized spacial score (nSPS) is 19.1. The molecular formula is C12H13ClFN5. The van der Waals surface area contributed by atoms with Gasteiger partial charge in [0.2, 0.25) is 5.95 Å². The number of aromatic nitrogens is 3. The number of hydrogen-bond acceptors (Lipinski definition) is 4. The highest BCUT2D eigenvalue weighted by Crippen LogP contribution is 2.26. The van der Waals surface area contributed by atoms with Crippen molar-refractivity contribution >= 4 is 17.5 Å². The maximum absolute atomic E-state index is 13.9. The fourth-order valence-corrected chi connectivity index (χ4v) is 2.35. The maximum atomic E-state index is 13.9. The Morgan fingerprint density at radius 2 is 2.32 bits per heavy atom. The minimum atomic E-state index is -0.495. The van der Waals surface area contributed by atoms with Crippen molar-refractivity contribution in [1.82, 2.24) is 15.2 Å². The third-order valence-electron chi connectivity index (χ3n) is 3.19. The van der Waals surface area contributed by atoms with Gasteiger partial charge in [-0.15, -0.1) is 5.10 Å². The zero-order valence-corrected chi connectivity index (χ0v) is 10.9. The molecule has 2 aromatic rings. The highest BCUT2D eigenvalue weighted by molar-refractivity contribution is 6.31. The molecule has 0 bridgehead atoms. The lowest BCUT2D eigenvalue weighted by molar-refractivity contribution is 0.630. The van der Waals surface area contributed by atoms with Gasteiger partial charge in [-0.3, -0.25) is 5.10 Å². The number of nitrogens with two attached hydrogens (primary N) is 1. The van der Waals surface area contributed by atoms with Crippen LogP contribution in [0, 0.1) is 5.82 Å². The smallest absolute Gasteiger partial charge is 0.245 e. The van der Waals surface area contributed by atoms with Crippen molar-refractivity contribution in [1.29, 1.82) is 0 Å². The van der Waals surface area contributed by atoms with Crippen LogP contribution in [0.25, 0.3) is 11.4 Å². The lowest BCUT2D eigenvalue weighted by Crippen LogP contribution is -2.26. The summed E-state index contributed by atoms with van der Waals surface area (Å²) in [4.78, 5) is 6.28. The summed E-state index contributed by atoms with van der Waals surface area (Å²) in [5.74, 6) is 0.419. The topological polar surface area (TPSA) is 70.8 Å². The Morgan fingerprint density at radius 3 is 3.05 bits per heavy atom. The van der Waals surface area contributed by atoms with Crippen LogP contribution in [0.1, 0.15) is 6.42 Å². The van der Waals surface area contributed by atoms with Gasteiger partial charge >= 0.3 is 0 Å². The van der Waals surface area contributed by atoms with Crippen molar-refractivity contribution in [3.05, 3.63) is 29.0 Å². The van der Waals surface area contributed by atoms with Crippen LogP contribution in [-0.2, 0) is 0 Å². The van der Waals surface area contributed by atoms with Gasteiger partial charge in [-0.05, 0) is 18.6 Å². The van der Waals surface area contributed by atoms with Crippen LogP contribution in [0.15, 0.2) is 18.2 Å². The summed E-state index contributed by atoms with van der Waals surface area (Å²) < 4.78 is 13.9. The van der Waals surface area contributed by atoms with E-state index in [1.807, 2.05) is 4.90 Å². The third-order valence-corrected chi connectivity index (χ3v) is 3.48. The molecule has 1 aliphatic heterocycles. The number of anilines is 1. The minimum Gasteiger partial charge on any atom is -0.338 e. The van der Waals surface area contributed by atoms with E-state index in [2.05, 4.69) is 15.2 Å². The van der Waals surface area contributed by atoms with Crippen molar-refractivity contribution in [2.75, 3.05) is 18.0 Å². The van der Waals surface area contributed by atoms with Gasteiger partial charge in [0.1, 0.15) is 0 Å². The second-order valence-electron chi connectivity index (χ2n) is 4.58. The monoisotopic (exact) mass is 281 g/mol. The molecule has 1 aromatic heterocycles. The van der Waals surface area contributed by atoms with E-state index < -0.39 is 5.82 Å². The zero-order chi connectivity index (χ0) is 13.4. The highest BCUT2D eigenvalue weighted by Gasteiger charge is 2.23. The van der Waals surface area contributed by atoms with Gasteiger partial charge in [-0.2, -0.15) is 4.98 Å². The predicted octanol–water partition coefficient (Wildman–Crippen LogP) is 1.80. The van der Waals surface area contributed by atoms with Gasteiger partial charge in [0.15, 0.2) is 11.6 Å². The lowest BCUT2D eigenvalue weighted by Gasteiger charge is -2.11. The molecule has 0 amide bonds. The van der Waals surface area contributed by atoms with Gasteiger partial charge in [0.05, 0.1) is 10.6 Å². The van der Waals surface area contributed by atoms with Crippen LogP contribution in [0.4, 0.5) is 10.3 Å². The molecule has 2 heterocycles. The molecule has 5 nitrogen and oxygen atoms in total. The third kappa shape index (κ3) is 2.29. The number of nitrogens with one attached hydrogen (secondary N) is 1. The molecule has 3 N–H and O–H groups in total. The first-order valence-corrected chi connectivity index (χ1v) is 6.40. The standard InChI is InChI=1S/C12H13ClFN5/c13-9-3-1-2-8(10(9)14)11-16-12(18-17-11)19-5-4-7(15)6-19/h1-3,7H,4-6,15H2,(H,16,17,18). The van der Waals surface area contributed by atoms with Gasteiger partial charge in [-0.1, -0.05) is 17.7 Å². The number of hydrogen-bond donors (Lipinski definition) is 2. The van der Waals surface area contributed by atoms with Crippen LogP contribution in [0.5, 0.6) is 0 Å². The summed E-state index contributed by atoms with van der Waals surface area (Å²) in [5, 5.41) is 6.91. The first-order valence-electron chi connectivity index (χ1n) is 6.02. The SMILES string of the molecule is NC1CCN(c2n[nH]c(-c3cccc(Cl)c3F)n2)C1. The summed E-state index contributed by atoms with van der Waals surface area (Å²) in [6.45, 7) is 1.53. The average molecular weight is 282 g/mol. The second-order valence-corrected chi connectivity index (χ2v) is 4.99. The lowest BCUT2D eigenvalue weighted by atomic mass is 10.2. The molecule has 1 fully saturated rings. The van der Waals surface area contributed by atoms with Crippen LogP contribution < -0.4 is 10.6 Å². The number of halogens is 2. The molecule has 3 rings (SSSR count). The van der Waals surface area contributed by atoms with Crippen molar-refractivity contribution in [2.45, 2.75) is 12.5 Å². The van der Waals surface area contributed by atoms with Crippen molar-refractivity contribution in [3.63, 3.8) is 0 Å². The summed E-state index contributed by atoms with van der Waals surface area (Å²) in [6.07, 6.45) is 0.912. The number of aromatic amines is 1. The Kier molecular flexibility index (Phi) is 3.12. The van der Waals surface area contributed by atoms with E-state index in [0.717, 1.165) is 19.5 Å². The van der Waals surface area contributed by atoms with Crippen molar-refractivity contribution in [3.8, 4) is 11.4 Å². The number of benzene rings is 1. The Balaban J connectivity index is 1.91. The molecule has 1 unspecified atom stereocenters. The Labute approximate surface area is 114 Å². The van der Waals surface area contributed by atoms with E-state index in [-0.39, 0.29) is 11.1 Å². The van der Waals surface area contributed by atoms with Gasteiger partial charge in [-0.25, -0.2) is 4.39 Å². The maximum Gasteiger partial charge on any atom is 0.245 e. The summed E-state index contributed by atoms with van der Waals surface area (Å²) in [7, 11) is 0. The molecule has 0 radical (unpaired) electrons. The van der Waals surface area contributed by atoms with E-state index in [4.69, 9.17) is 17.3 Å². The van der Waals surface area contributed by atoms with Crippen molar-refractivity contribution < 1.29 is 4.39 Å². The first kappa shape index (κ1) is 12.4. The summed E-state index contributed by atoms with van der Waals surface area (Å²) >= 11 is 5.75.